The third-order valence-electron chi connectivity index (χ3n) is 5.10. The average molecular weight is 412 g/mol. The fourth-order valence-corrected chi connectivity index (χ4v) is 4.16. The molecule has 1 atom stereocenters. The van der Waals surface area contributed by atoms with Gasteiger partial charge < -0.3 is 14.5 Å². The van der Waals surface area contributed by atoms with Crippen LogP contribution in [0.4, 0.5) is 0 Å². The lowest BCUT2D eigenvalue weighted by atomic mass is 9.83. The van der Waals surface area contributed by atoms with Crippen molar-refractivity contribution < 1.29 is 19.1 Å². The van der Waals surface area contributed by atoms with Crippen molar-refractivity contribution >= 4 is 34.4 Å². The average Bonchev–Trinajstić information content (AvgIpc) is 3.26. The van der Waals surface area contributed by atoms with Crippen molar-refractivity contribution in [2.24, 2.45) is 5.41 Å². The topological polar surface area (TPSA) is 68.4 Å². The van der Waals surface area contributed by atoms with Gasteiger partial charge in [0.15, 0.2) is 0 Å². The van der Waals surface area contributed by atoms with E-state index >= 15 is 0 Å². The molecule has 1 unspecified atom stereocenters. The van der Waals surface area contributed by atoms with E-state index in [0.717, 1.165) is 11.3 Å². The molecule has 2 aromatic carbocycles. The van der Waals surface area contributed by atoms with Crippen LogP contribution in [0.25, 0.3) is 22.2 Å². The number of hydrogen-bond acceptors (Lipinski definition) is 4. The van der Waals surface area contributed by atoms with Gasteiger partial charge in [0.25, 0.3) is 0 Å². The number of halogens is 1. The van der Waals surface area contributed by atoms with Crippen molar-refractivity contribution in [3.05, 3.63) is 58.1 Å². The maximum absolute atomic E-state index is 12.9. The fourth-order valence-electron chi connectivity index (χ4n) is 3.82. The minimum Gasteiger partial charge on any atom is -0.462 e. The number of benzene rings is 2. The van der Waals surface area contributed by atoms with E-state index in [0.29, 0.717) is 21.5 Å². The molecule has 3 aromatic rings. The molecule has 4 rings (SSSR count). The number of aromatic amines is 1. The molecule has 0 amide bonds. The Morgan fingerprint density at radius 1 is 1.24 bits per heavy atom. The van der Waals surface area contributed by atoms with Crippen molar-refractivity contribution in [1.29, 1.82) is 0 Å². The molecule has 0 spiro atoms. The molecule has 0 bridgehead atoms. The number of ether oxygens (including phenoxy) is 2. The molecule has 5 nitrogen and oxygen atoms in total. The van der Waals surface area contributed by atoms with Crippen LogP contribution < -0.4 is 0 Å². The highest BCUT2D eigenvalue weighted by molar-refractivity contribution is 6.38. The van der Waals surface area contributed by atoms with Gasteiger partial charge in [-0.15, -0.1) is 0 Å². The number of esters is 2. The lowest BCUT2D eigenvalue weighted by molar-refractivity contribution is 0.00767. The molecule has 0 saturated carbocycles. The summed E-state index contributed by atoms with van der Waals surface area (Å²) in [5, 5.41) is 0.952. The largest absolute Gasteiger partial charge is 0.462 e. The predicted octanol–water partition coefficient (Wildman–Crippen LogP) is 5.92. The minimum absolute atomic E-state index is 0.200. The highest BCUT2D eigenvalue weighted by Crippen LogP contribution is 2.50. The molecule has 0 fully saturated rings. The van der Waals surface area contributed by atoms with E-state index in [9.17, 15) is 9.59 Å². The normalized spacial score (nSPS) is 16.0. The third kappa shape index (κ3) is 3.10. The second-order valence-corrected chi connectivity index (χ2v) is 8.57. The number of rotatable bonds is 3. The molecule has 1 aliphatic heterocycles. The summed E-state index contributed by atoms with van der Waals surface area (Å²) in [6.45, 7) is 7.83. The monoisotopic (exact) mass is 411 g/mol. The number of H-pyrrole nitrogens is 1. The number of nitrogens with one attached hydrogen (secondary N) is 1. The Balaban J connectivity index is 2.07. The number of aromatic nitrogens is 1. The van der Waals surface area contributed by atoms with Gasteiger partial charge in [-0.1, -0.05) is 62.7 Å². The zero-order valence-electron chi connectivity index (χ0n) is 16.8. The Morgan fingerprint density at radius 2 is 1.93 bits per heavy atom. The number of carbonyl (C=O) groups excluding carboxylic acids is 2. The Morgan fingerprint density at radius 3 is 2.55 bits per heavy atom. The van der Waals surface area contributed by atoms with E-state index in [1.54, 1.807) is 6.92 Å². The first-order valence-electron chi connectivity index (χ1n) is 9.55. The van der Waals surface area contributed by atoms with E-state index in [-0.39, 0.29) is 23.1 Å². The SMILES string of the molecule is CCOC(=O)c1c2c(c(Cl)c3[nH]c(-c4ccccc4)cc13)C(C(C)(C)C)OC2=O. The molecule has 29 heavy (non-hydrogen) atoms. The minimum atomic E-state index is -0.560. The summed E-state index contributed by atoms with van der Waals surface area (Å²) in [4.78, 5) is 29.0. The molecule has 0 aliphatic carbocycles. The zero-order valence-corrected chi connectivity index (χ0v) is 17.5. The lowest BCUT2D eigenvalue weighted by Crippen LogP contribution is -2.18. The van der Waals surface area contributed by atoms with Crippen molar-refractivity contribution in [3.63, 3.8) is 0 Å². The highest BCUT2D eigenvalue weighted by atomic mass is 35.5. The van der Waals surface area contributed by atoms with Gasteiger partial charge in [0.2, 0.25) is 0 Å². The smallest absolute Gasteiger partial charge is 0.340 e. The summed E-state index contributed by atoms with van der Waals surface area (Å²) in [7, 11) is 0. The van der Waals surface area contributed by atoms with Crippen LogP contribution in [0, 0.1) is 5.41 Å². The van der Waals surface area contributed by atoms with Crippen molar-refractivity contribution in [2.45, 2.75) is 33.8 Å². The van der Waals surface area contributed by atoms with Crippen LogP contribution in [0.3, 0.4) is 0 Å². The van der Waals surface area contributed by atoms with Crippen molar-refractivity contribution in [1.82, 2.24) is 4.98 Å². The summed E-state index contributed by atoms with van der Waals surface area (Å²) < 4.78 is 10.9. The second-order valence-electron chi connectivity index (χ2n) is 8.19. The molecule has 1 N–H and O–H groups in total. The first kappa shape index (κ1) is 19.5. The Kier molecular flexibility index (Phi) is 4.66. The van der Waals surface area contributed by atoms with Crippen LogP contribution >= 0.6 is 11.6 Å². The molecular formula is C23H22ClNO4. The quantitative estimate of drug-likeness (QED) is 0.543. The van der Waals surface area contributed by atoms with E-state index in [2.05, 4.69) is 4.98 Å². The summed E-state index contributed by atoms with van der Waals surface area (Å²) in [5.41, 5.74) is 2.91. The van der Waals surface area contributed by atoms with Gasteiger partial charge in [-0.3, -0.25) is 0 Å². The number of cyclic esters (lactones) is 1. The predicted molar refractivity (Wildman–Crippen MR) is 112 cm³/mol. The highest BCUT2D eigenvalue weighted by Gasteiger charge is 2.44. The first-order valence-corrected chi connectivity index (χ1v) is 9.93. The maximum Gasteiger partial charge on any atom is 0.340 e. The summed E-state index contributed by atoms with van der Waals surface area (Å²) in [6, 6.07) is 11.6. The lowest BCUT2D eigenvalue weighted by Gasteiger charge is -2.26. The van der Waals surface area contributed by atoms with Gasteiger partial charge in [0.1, 0.15) is 6.10 Å². The second kappa shape index (κ2) is 6.92. The zero-order chi connectivity index (χ0) is 20.9. The van der Waals surface area contributed by atoms with Crippen molar-refractivity contribution in [3.8, 4) is 11.3 Å². The van der Waals surface area contributed by atoms with Crippen LogP contribution in [0.2, 0.25) is 5.02 Å². The molecule has 6 heteroatoms. The molecule has 150 valence electrons. The summed E-state index contributed by atoms with van der Waals surface area (Å²) in [6.07, 6.45) is -0.557. The Bertz CT molecular complexity index is 1130. The fraction of sp³-hybridized carbons (Fsp3) is 0.304. The van der Waals surface area contributed by atoms with E-state index in [4.69, 9.17) is 21.1 Å². The van der Waals surface area contributed by atoms with Crippen LogP contribution in [-0.2, 0) is 9.47 Å². The molecule has 1 aliphatic rings. The van der Waals surface area contributed by atoms with Gasteiger partial charge in [-0.05, 0) is 18.6 Å². The molecule has 2 heterocycles. The number of carbonyl (C=O) groups is 2. The molecule has 0 saturated heterocycles. The van der Waals surface area contributed by atoms with E-state index < -0.39 is 18.0 Å². The van der Waals surface area contributed by atoms with Crippen LogP contribution in [0.5, 0.6) is 0 Å². The van der Waals surface area contributed by atoms with E-state index in [1.165, 1.54) is 0 Å². The molecule has 1 aromatic heterocycles. The van der Waals surface area contributed by atoms with Gasteiger partial charge in [-0.25, -0.2) is 9.59 Å². The Labute approximate surface area is 174 Å². The standard InChI is InChI=1S/C23H22ClNO4/c1-5-28-21(26)15-13-11-14(12-9-7-6-8-10-12)25-19(13)18(24)17-16(15)22(27)29-20(17)23(2,3)4/h6-11,20,25H,5H2,1-4H3. The van der Waals surface area contributed by atoms with Crippen LogP contribution in [0.15, 0.2) is 36.4 Å². The van der Waals surface area contributed by atoms with Crippen LogP contribution in [0.1, 0.15) is 60.1 Å². The molecule has 0 radical (unpaired) electrons. The summed E-state index contributed by atoms with van der Waals surface area (Å²) in [5.74, 6) is -1.11. The van der Waals surface area contributed by atoms with Crippen molar-refractivity contribution in [2.75, 3.05) is 6.61 Å². The molecular weight excluding hydrogens is 390 g/mol. The van der Waals surface area contributed by atoms with Gasteiger partial charge in [0.05, 0.1) is 28.3 Å². The van der Waals surface area contributed by atoms with Gasteiger partial charge in [-0.2, -0.15) is 0 Å². The van der Waals surface area contributed by atoms with E-state index in [1.807, 2.05) is 57.2 Å². The summed E-state index contributed by atoms with van der Waals surface area (Å²) >= 11 is 6.79. The number of hydrogen-bond donors (Lipinski definition) is 1. The first-order chi connectivity index (χ1) is 13.7. The van der Waals surface area contributed by atoms with Crippen LogP contribution in [-0.4, -0.2) is 23.5 Å². The van der Waals surface area contributed by atoms with Gasteiger partial charge >= 0.3 is 11.9 Å². The maximum atomic E-state index is 12.9. The Hall–Kier alpha value is -2.79. The third-order valence-corrected chi connectivity index (χ3v) is 5.50. The van der Waals surface area contributed by atoms with Gasteiger partial charge in [0, 0.05) is 22.1 Å². The number of fused-ring (bicyclic) bond motifs is 2.